The molecule has 2 atom stereocenters. The van der Waals surface area contributed by atoms with Crippen molar-refractivity contribution in [3.05, 3.63) is 59.2 Å². The standard InChI is InChI=1S/C21H24N2O5S/c1-13-5-8-18(9-6-13)22-20(24)15(3)28-21(25)16-7-10-19-17(12-16)11-14(2)23(19)29(4,26)27/h5-10,12,14-15H,11H2,1-4H3,(H,22,24)/t14-,15-/m1/s1. The lowest BCUT2D eigenvalue weighted by Gasteiger charge is -2.22. The average Bonchev–Trinajstić information content (AvgIpc) is 2.98. The summed E-state index contributed by atoms with van der Waals surface area (Å²) in [5.41, 5.74) is 3.30. The van der Waals surface area contributed by atoms with Gasteiger partial charge >= 0.3 is 5.97 Å². The van der Waals surface area contributed by atoms with Crippen LogP contribution >= 0.6 is 0 Å². The van der Waals surface area contributed by atoms with Crippen molar-refractivity contribution >= 4 is 33.3 Å². The minimum Gasteiger partial charge on any atom is -0.449 e. The number of amides is 1. The van der Waals surface area contributed by atoms with Gasteiger partial charge in [0.2, 0.25) is 10.0 Å². The van der Waals surface area contributed by atoms with E-state index in [1.165, 1.54) is 17.3 Å². The summed E-state index contributed by atoms with van der Waals surface area (Å²) in [4.78, 5) is 24.8. The van der Waals surface area contributed by atoms with E-state index in [0.29, 0.717) is 17.8 Å². The van der Waals surface area contributed by atoms with Crippen molar-refractivity contribution in [2.75, 3.05) is 15.9 Å². The first kappa shape index (κ1) is 20.9. The molecule has 0 radical (unpaired) electrons. The number of hydrogen-bond donors (Lipinski definition) is 1. The van der Waals surface area contributed by atoms with Gasteiger partial charge in [0.15, 0.2) is 6.10 Å². The van der Waals surface area contributed by atoms with Gasteiger partial charge in [0, 0.05) is 11.7 Å². The zero-order valence-corrected chi connectivity index (χ0v) is 17.6. The Hall–Kier alpha value is -2.87. The monoisotopic (exact) mass is 416 g/mol. The average molecular weight is 416 g/mol. The molecule has 1 aliphatic heterocycles. The Morgan fingerprint density at radius 2 is 1.83 bits per heavy atom. The number of ether oxygens (including phenoxy) is 1. The van der Waals surface area contributed by atoms with Crippen LogP contribution in [0.25, 0.3) is 0 Å². The molecule has 0 bridgehead atoms. The van der Waals surface area contributed by atoms with Crippen molar-refractivity contribution in [2.24, 2.45) is 0 Å². The van der Waals surface area contributed by atoms with E-state index in [4.69, 9.17) is 4.74 Å². The second kappa shape index (κ2) is 7.87. The summed E-state index contributed by atoms with van der Waals surface area (Å²) in [6.45, 7) is 5.27. The molecule has 3 rings (SSSR count). The van der Waals surface area contributed by atoms with Crippen LogP contribution in [0.4, 0.5) is 11.4 Å². The maximum Gasteiger partial charge on any atom is 0.338 e. The highest BCUT2D eigenvalue weighted by atomic mass is 32.2. The summed E-state index contributed by atoms with van der Waals surface area (Å²) >= 11 is 0. The molecule has 0 spiro atoms. The molecule has 0 aromatic heterocycles. The number of rotatable bonds is 5. The number of benzene rings is 2. The highest BCUT2D eigenvalue weighted by molar-refractivity contribution is 7.92. The van der Waals surface area contributed by atoms with Crippen LogP contribution in [-0.4, -0.2) is 38.7 Å². The summed E-state index contributed by atoms with van der Waals surface area (Å²) in [5, 5.41) is 2.71. The van der Waals surface area contributed by atoms with Crippen molar-refractivity contribution in [3.8, 4) is 0 Å². The molecule has 1 N–H and O–H groups in total. The van der Waals surface area contributed by atoms with Gasteiger partial charge in [-0.25, -0.2) is 13.2 Å². The lowest BCUT2D eigenvalue weighted by atomic mass is 10.1. The van der Waals surface area contributed by atoms with Gasteiger partial charge in [0.05, 0.1) is 17.5 Å². The van der Waals surface area contributed by atoms with Crippen molar-refractivity contribution in [1.29, 1.82) is 0 Å². The van der Waals surface area contributed by atoms with Gasteiger partial charge in [-0.15, -0.1) is 0 Å². The van der Waals surface area contributed by atoms with Gasteiger partial charge in [-0.2, -0.15) is 0 Å². The maximum atomic E-state index is 12.5. The van der Waals surface area contributed by atoms with Crippen LogP contribution in [0.3, 0.4) is 0 Å². The van der Waals surface area contributed by atoms with Crippen LogP contribution < -0.4 is 9.62 Å². The SMILES string of the molecule is Cc1ccc(NC(=O)[C@@H](C)OC(=O)c2ccc3c(c2)C[C@@H](C)N3S(C)(=O)=O)cc1. The lowest BCUT2D eigenvalue weighted by molar-refractivity contribution is -0.123. The number of sulfonamides is 1. The molecule has 0 saturated carbocycles. The highest BCUT2D eigenvalue weighted by Gasteiger charge is 2.33. The quantitative estimate of drug-likeness (QED) is 0.757. The molecule has 1 amide bonds. The van der Waals surface area contributed by atoms with Crippen LogP contribution in [0, 0.1) is 6.92 Å². The van der Waals surface area contributed by atoms with Crippen molar-refractivity contribution < 1.29 is 22.7 Å². The second-order valence-corrected chi connectivity index (χ2v) is 9.22. The summed E-state index contributed by atoms with van der Waals surface area (Å²) in [6, 6.07) is 11.8. The van der Waals surface area contributed by atoms with Crippen LogP contribution in [0.2, 0.25) is 0 Å². The molecule has 0 fully saturated rings. The van der Waals surface area contributed by atoms with Crippen LogP contribution in [0.15, 0.2) is 42.5 Å². The predicted octanol–water partition coefficient (Wildman–Crippen LogP) is 2.89. The third-order valence-electron chi connectivity index (χ3n) is 4.80. The Balaban J connectivity index is 1.69. The third kappa shape index (κ3) is 4.59. The van der Waals surface area contributed by atoms with Crippen molar-refractivity contribution in [1.82, 2.24) is 0 Å². The number of carbonyl (C=O) groups excluding carboxylic acids is 2. The van der Waals surface area contributed by atoms with Crippen LogP contribution in [0.5, 0.6) is 0 Å². The third-order valence-corrected chi connectivity index (χ3v) is 6.07. The Kier molecular flexibility index (Phi) is 5.66. The number of carbonyl (C=O) groups is 2. The Labute approximate surface area is 170 Å². The van der Waals surface area contributed by atoms with Gasteiger partial charge in [0.1, 0.15) is 0 Å². The smallest absolute Gasteiger partial charge is 0.338 e. The molecule has 154 valence electrons. The Morgan fingerprint density at radius 3 is 2.45 bits per heavy atom. The van der Waals surface area contributed by atoms with E-state index >= 15 is 0 Å². The molecule has 8 heteroatoms. The number of nitrogens with one attached hydrogen (secondary N) is 1. The number of anilines is 2. The number of nitrogens with zero attached hydrogens (tertiary/aromatic N) is 1. The number of aryl methyl sites for hydroxylation is 1. The molecular weight excluding hydrogens is 392 g/mol. The van der Waals surface area contributed by atoms with E-state index in [0.717, 1.165) is 17.4 Å². The highest BCUT2D eigenvalue weighted by Crippen LogP contribution is 2.34. The topological polar surface area (TPSA) is 92.8 Å². The van der Waals surface area contributed by atoms with E-state index in [-0.39, 0.29) is 11.6 Å². The first-order valence-corrected chi connectivity index (χ1v) is 11.1. The molecule has 29 heavy (non-hydrogen) atoms. The van der Waals surface area contributed by atoms with E-state index in [2.05, 4.69) is 5.32 Å². The molecule has 1 aliphatic rings. The van der Waals surface area contributed by atoms with Crippen LogP contribution in [-0.2, 0) is 26.0 Å². The zero-order valence-electron chi connectivity index (χ0n) is 16.8. The van der Waals surface area contributed by atoms with Gasteiger partial charge in [0.25, 0.3) is 5.91 Å². The van der Waals surface area contributed by atoms with Crippen LogP contribution in [0.1, 0.15) is 35.3 Å². The number of hydrogen-bond acceptors (Lipinski definition) is 5. The zero-order chi connectivity index (χ0) is 21.3. The Bertz CT molecular complexity index is 1050. The summed E-state index contributed by atoms with van der Waals surface area (Å²) in [5.74, 6) is -1.06. The lowest BCUT2D eigenvalue weighted by Crippen LogP contribution is -2.34. The fourth-order valence-electron chi connectivity index (χ4n) is 3.40. The molecule has 0 saturated heterocycles. The minimum atomic E-state index is -3.40. The van der Waals surface area contributed by atoms with E-state index in [9.17, 15) is 18.0 Å². The van der Waals surface area contributed by atoms with Gasteiger partial charge < -0.3 is 10.1 Å². The minimum absolute atomic E-state index is 0.217. The van der Waals surface area contributed by atoms with Gasteiger partial charge in [-0.1, -0.05) is 17.7 Å². The first-order valence-electron chi connectivity index (χ1n) is 9.27. The second-order valence-electron chi connectivity index (χ2n) is 7.36. The molecular formula is C21H24N2O5S. The van der Waals surface area contributed by atoms with E-state index in [1.54, 1.807) is 24.3 Å². The maximum absolute atomic E-state index is 12.5. The molecule has 2 aromatic carbocycles. The van der Waals surface area contributed by atoms with E-state index in [1.807, 2.05) is 26.0 Å². The van der Waals surface area contributed by atoms with E-state index < -0.39 is 28.0 Å². The van der Waals surface area contributed by atoms with Gasteiger partial charge in [-0.3, -0.25) is 9.10 Å². The summed E-state index contributed by atoms with van der Waals surface area (Å²) < 4.78 is 30.7. The molecule has 2 aromatic rings. The van der Waals surface area contributed by atoms with Crippen molar-refractivity contribution in [3.63, 3.8) is 0 Å². The molecule has 0 unspecified atom stereocenters. The van der Waals surface area contributed by atoms with Gasteiger partial charge in [-0.05, 0) is 63.1 Å². The summed E-state index contributed by atoms with van der Waals surface area (Å²) in [6.07, 6.45) is 0.686. The fourth-order valence-corrected chi connectivity index (χ4v) is 4.66. The normalized spacial score (nSPS) is 16.8. The number of esters is 1. The Morgan fingerprint density at radius 1 is 1.17 bits per heavy atom. The fraction of sp³-hybridized carbons (Fsp3) is 0.333. The molecule has 7 nitrogen and oxygen atoms in total. The summed E-state index contributed by atoms with van der Waals surface area (Å²) in [7, 11) is -3.40. The molecule has 0 aliphatic carbocycles. The first-order chi connectivity index (χ1) is 13.6. The largest absolute Gasteiger partial charge is 0.449 e. The molecule has 1 heterocycles. The number of fused-ring (bicyclic) bond motifs is 1. The predicted molar refractivity (Wildman–Crippen MR) is 112 cm³/mol. The van der Waals surface area contributed by atoms with Crippen molar-refractivity contribution in [2.45, 2.75) is 39.3 Å².